The van der Waals surface area contributed by atoms with Gasteiger partial charge in [0, 0.05) is 22.0 Å². The van der Waals surface area contributed by atoms with E-state index in [1.165, 1.54) is 20.9 Å². The molecule has 2 rings (SSSR count). The van der Waals surface area contributed by atoms with Crippen LogP contribution in [0.4, 0.5) is 5.69 Å². The average molecular weight is 274 g/mol. The summed E-state index contributed by atoms with van der Waals surface area (Å²) < 4.78 is 0. The van der Waals surface area contributed by atoms with Crippen molar-refractivity contribution in [1.29, 1.82) is 0 Å². The highest BCUT2D eigenvalue weighted by atomic mass is 32.1. The summed E-state index contributed by atoms with van der Waals surface area (Å²) in [6.45, 7) is 6.39. The summed E-state index contributed by atoms with van der Waals surface area (Å²) in [7, 11) is 0. The Labute approximate surface area is 119 Å². The number of benzene rings is 1. The number of hydrogen-bond acceptors (Lipinski definition) is 3. The van der Waals surface area contributed by atoms with Gasteiger partial charge in [-0.1, -0.05) is 12.1 Å². The Morgan fingerprint density at radius 2 is 2.05 bits per heavy atom. The van der Waals surface area contributed by atoms with E-state index in [1.807, 2.05) is 23.5 Å². The van der Waals surface area contributed by atoms with Crippen molar-refractivity contribution < 1.29 is 0 Å². The minimum absolute atomic E-state index is 0.856. The molecule has 1 aromatic carbocycles. The molecular weight excluding hydrogens is 252 g/mol. The van der Waals surface area contributed by atoms with E-state index in [-0.39, 0.29) is 0 Å². The first-order valence-electron chi connectivity index (χ1n) is 6.76. The zero-order valence-corrected chi connectivity index (χ0v) is 12.5. The van der Waals surface area contributed by atoms with Crippen LogP contribution < -0.4 is 11.1 Å². The second kappa shape index (κ2) is 6.73. The second-order valence-electron chi connectivity index (χ2n) is 4.98. The van der Waals surface area contributed by atoms with Crippen molar-refractivity contribution in [3.8, 4) is 0 Å². The van der Waals surface area contributed by atoms with Crippen molar-refractivity contribution in [3.05, 3.63) is 51.2 Å². The molecule has 2 nitrogen and oxygen atoms in total. The second-order valence-corrected chi connectivity index (χ2v) is 6.32. The highest BCUT2D eigenvalue weighted by Gasteiger charge is 2.00. The molecule has 0 saturated heterocycles. The van der Waals surface area contributed by atoms with Crippen LogP contribution in [0.5, 0.6) is 0 Å². The Morgan fingerprint density at radius 3 is 2.74 bits per heavy atom. The lowest BCUT2D eigenvalue weighted by atomic mass is 10.1. The SMILES string of the molecule is Cc1cc(CNCCCc2cccc(N)c2)sc1C. The van der Waals surface area contributed by atoms with Gasteiger partial charge in [0.2, 0.25) is 0 Å². The van der Waals surface area contributed by atoms with E-state index >= 15 is 0 Å². The first-order chi connectivity index (χ1) is 9.15. The summed E-state index contributed by atoms with van der Waals surface area (Å²) in [5.41, 5.74) is 9.35. The van der Waals surface area contributed by atoms with E-state index < -0.39 is 0 Å². The van der Waals surface area contributed by atoms with Crippen LogP contribution >= 0.6 is 11.3 Å². The van der Waals surface area contributed by atoms with Gasteiger partial charge in [-0.05, 0) is 62.6 Å². The molecular formula is C16H22N2S. The van der Waals surface area contributed by atoms with E-state index in [9.17, 15) is 0 Å². The number of nitrogens with two attached hydrogens (primary N) is 1. The standard InChI is InChI=1S/C16H22N2S/c1-12-9-16(19-13(12)2)11-18-8-4-6-14-5-3-7-15(17)10-14/h3,5,7,9-10,18H,4,6,8,11,17H2,1-2H3. The lowest BCUT2D eigenvalue weighted by Crippen LogP contribution is -2.14. The number of hydrogen-bond donors (Lipinski definition) is 2. The first-order valence-corrected chi connectivity index (χ1v) is 7.58. The highest BCUT2D eigenvalue weighted by molar-refractivity contribution is 7.12. The van der Waals surface area contributed by atoms with Gasteiger partial charge >= 0.3 is 0 Å². The predicted molar refractivity (Wildman–Crippen MR) is 84.7 cm³/mol. The third-order valence-corrected chi connectivity index (χ3v) is 4.44. The van der Waals surface area contributed by atoms with Gasteiger partial charge in [-0.3, -0.25) is 0 Å². The number of nitrogen functional groups attached to an aromatic ring is 1. The van der Waals surface area contributed by atoms with Crippen LogP contribution in [0.25, 0.3) is 0 Å². The van der Waals surface area contributed by atoms with E-state index in [4.69, 9.17) is 5.73 Å². The largest absolute Gasteiger partial charge is 0.399 e. The Morgan fingerprint density at radius 1 is 1.21 bits per heavy atom. The van der Waals surface area contributed by atoms with Crippen LogP contribution in [0.2, 0.25) is 0 Å². The van der Waals surface area contributed by atoms with Crippen LogP contribution in [0.15, 0.2) is 30.3 Å². The number of rotatable bonds is 6. The average Bonchev–Trinajstić information content (AvgIpc) is 2.68. The van der Waals surface area contributed by atoms with Crippen LogP contribution in [-0.4, -0.2) is 6.54 Å². The molecule has 0 fully saturated rings. The molecule has 0 unspecified atom stereocenters. The minimum atomic E-state index is 0.856. The fourth-order valence-corrected chi connectivity index (χ4v) is 3.14. The van der Waals surface area contributed by atoms with Crippen LogP contribution in [0, 0.1) is 13.8 Å². The molecule has 2 aromatic rings. The smallest absolute Gasteiger partial charge is 0.0316 e. The molecule has 1 aromatic heterocycles. The van der Waals surface area contributed by atoms with Crippen LogP contribution in [-0.2, 0) is 13.0 Å². The summed E-state index contributed by atoms with van der Waals surface area (Å²) >= 11 is 1.89. The van der Waals surface area contributed by atoms with Gasteiger partial charge in [-0.2, -0.15) is 0 Å². The van der Waals surface area contributed by atoms with E-state index in [0.717, 1.165) is 31.6 Å². The maximum Gasteiger partial charge on any atom is 0.0316 e. The van der Waals surface area contributed by atoms with Gasteiger partial charge in [0.05, 0.1) is 0 Å². The molecule has 3 N–H and O–H groups in total. The van der Waals surface area contributed by atoms with Crippen molar-refractivity contribution in [1.82, 2.24) is 5.32 Å². The monoisotopic (exact) mass is 274 g/mol. The Kier molecular flexibility index (Phi) is 5.00. The number of thiophene rings is 1. The predicted octanol–water partition coefficient (Wildman–Crippen LogP) is 3.67. The fourth-order valence-electron chi connectivity index (χ4n) is 2.11. The van der Waals surface area contributed by atoms with Crippen LogP contribution in [0.3, 0.4) is 0 Å². The fraction of sp³-hybridized carbons (Fsp3) is 0.375. The van der Waals surface area contributed by atoms with E-state index in [0.29, 0.717) is 0 Å². The Balaban J connectivity index is 1.67. The van der Waals surface area contributed by atoms with Gasteiger partial charge in [0.15, 0.2) is 0 Å². The summed E-state index contributed by atoms with van der Waals surface area (Å²) in [5, 5.41) is 3.51. The van der Waals surface area contributed by atoms with Crippen molar-refractivity contribution in [2.24, 2.45) is 0 Å². The molecule has 0 aliphatic carbocycles. The van der Waals surface area contributed by atoms with Gasteiger partial charge in [-0.15, -0.1) is 11.3 Å². The van der Waals surface area contributed by atoms with Crippen molar-refractivity contribution in [2.45, 2.75) is 33.2 Å². The number of anilines is 1. The minimum Gasteiger partial charge on any atom is -0.399 e. The highest BCUT2D eigenvalue weighted by Crippen LogP contribution is 2.20. The third kappa shape index (κ3) is 4.37. The summed E-state index contributed by atoms with van der Waals surface area (Å²) in [4.78, 5) is 2.86. The molecule has 0 radical (unpaired) electrons. The first kappa shape index (κ1) is 14.1. The molecule has 0 atom stereocenters. The summed E-state index contributed by atoms with van der Waals surface area (Å²) in [6, 6.07) is 10.4. The van der Waals surface area contributed by atoms with Gasteiger partial charge < -0.3 is 11.1 Å². The molecule has 102 valence electrons. The van der Waals surface area contributed by atoms with E-state index in [2.05, 4.69) is 37.4 Å². The molecule has 3 heteroatoms. The van der Waals surface area contributed by atoms with Gasteiger partial charge in [0.25, 0.3) is 0 Å². The van der Waals surface area contributed by atoms with Crippen molar-refractivity contribution in [2.75, 3.05) is 12.3 Å². The van der Waals surface area contributed by atoms with Gasteiger partial charge in [0.1, 0.15) is 0 Å². The Hall–Kier alpha value is -1.32. The lowest BCUT2D eigenvalue weighted by molar-refractivity contribution is 0.654. The topological polar surface area (TPSA) is 38.0 Å². The maximum absolute atomic E-state index is 5.77. The van der Waals surface area contributed by atoms with E-state index in [1.54, 1.807) is 0 Å². The zero-order chi connectivity index (χ0) is 13.7. The molecule has 0 bridgehead atoms. The summed E-state index contributed by atoms with van der Waals surface area (Å²) in [5.74, 6) is 0. The molecule has 19 heavy (non-hydrogen) atoms. The zero-order valence-electron chi connectivity index (χ0n) is 11.7. The maximum atomic E-state index is 5.77. The molecule has 0 saturated carbocycles. The van der Waals surface area contributed by atoms with Crippen LogP contribution in [0.1, 0.15) is 27.3 Å². The number of aryl methyl sites for hydroxylation is 3. The van der Waals surface area contributed by atoms with Crippen molar-refractivity contribution >= 4 is 17.0 Å². The number of nitrogens with one attached hydrogen (secondary N) is 1. The normalized spacial score (nSPS) is 10.8. The Bertz CT molecular complexity index is 512. The molecule has 0 amide bonds. The molecule has 0 aliphatic rings. The summed E-state index contributed by atoms with van der Waals surface area (Å²) in [6.07, 6.45) is 2.23. The molecule has 0 aliphatic heterocycles. The molecule has 1 heterocycles. The quantitative estimate of drug-likeness (QED) is 0.623. The van der Waals surface area contributed by atoms with Crippen molar-refractivity contribution in [3.63, 3.8) is 0 Å². The lowest BCUT2D eigenvalue weighted by Gasteiger charge is -2.04. The molecule has 0 spiro atoms. The third-order valence-electron chi connectivity index (χ3n) is 3.29. The van der Waals surface area contributed by atoms with Gasteiger partial charge in [-0.25, -0.2) is 0 Å².